The number of carbonyl (C=O) groups is 1. The number of nitrogens with zero attached hydrogens (tertiary/aromatic N) is 3. The third-order valence-corrected chi connectivity index (χ3v) is 5.04. The van der Waals surface area contributed by atoms with Gasteiger partial charge in [-0.15, -0.1) is 0 Å². The monoisotopic (exact) mass is 287 g/mol. The molecule has 0 atom stereocenters. The molecule has 3 aliphatic rings. The van der Waals surface area contributed by atoms with Crippen LogP contribution < -0.4 is 5.56 Å². The molecule has 3 fully saturated rings. The molecule has 1 aromatic rings. The molecular weight excluding hydrogens is 266 g/mol. The lowest BCUT2D eigenvalue weighted by atomic mass is 9.83. The van der Waals surface area contributed by atoms with E-state index in [0.717, 1.165) is 31.6 Å². The van der Waals surface area contributed by atoms with E-state index in [0.29, 0.717) is 24.3 Å². The lowest BCUT2D eigenvalue weighted by Gasteiger charge is -2.42. The minimum Gasteiger partial charge on any atom is -0.342 e. The molecule has 1 saturated heterocycles. The number of hydrogen-bond donors (Lipinski definition) is 0. The van der Waals surface area contributed by atoms with Crippen molar-refractivity contribution in [2.75, 3.05) is 13.1 Å². The van der Waals surface area contributed by atoms with Crippen LogP contribution in [0.1, 0.15) is 43.7 Å². The van der Waals surface area contributed by atoms with Gasteiger partial charge in [0.05, 0.1) is 12.2 Å². The summed E-state index contributed by atoms with van der Waals surface area (Å²) in [6.07, 6.45) is 5.70. The van der Waals surface area contributed by atoms with Gasteiger partial charge in [0.15, 0.2) is 0 Å². The summed E-state index contributed by atoms with van der Waals surface area (Å²) >= 11 is 0. The zero-order valence-electron chi connectivity index (χ0n) is 12.2. The summed E-state index contributed by atoms with van der Waals surface area (Å²) in [5.41, 5.74) is 1.03. The summed E-state index contributed by atoms with van der Waals surface area (Å²) in [4.78, 5) is 25.9. The Hall–Kier alpha value is -1.65. The molecule has 0 bridgehead atoms. The molecule has 1 aliphatic heterocycles. The highest BCUT2D eigenvalue weighted by atomic mass is 16.2. The maximum absolute atomic E-state index is 12.1. The number of carbonyl (C=O) groups excluding carboxylic acids is 1. The number of likely N-dealkylation sites (tertiary alicyclic amines) is 1. The Morgan fingerprint density at radius 2 is 1.95 bits per heavy atom. The maximum atomic E-state index is 12.1. The molecule has 21 heavy (non-hydrogen) atoms. The minimum atomic E-state index is -0.0248. The van der Waals surface area contributed by atoms with Gasteiger partial charge in [0.25, 0.3) is 5.56 Å². The molecular formula is C16H21N3O2. The zero-order chi connectivity index (χ0) is 14.4. The first kappa shape index (κ1) is 13.0. The van der Waals surface area contributed by atoms with E-state index in [1.54, 1.807) is 10.7 Å². The van der Waals surface area contributed by atoms with Crippen molar-refractivity contribution in [1.82, 2.24) is 14.7 Å². The van der Waals surface area contributed by atoms with Gasteiger partial charge in [-0.3, -0.25) is 9.59 Å². The van der Waals surface area contributed by atoms with Crippen LogP contribution in [0.2, 0.25) is 0 Å². The molecule has 1 amide bonds. The predicted octanol–water partition coefficient (Wildman–Crippen LogP) is 1.38. The van der Waals surface area contributed by atoms with Crippen molar-refractivity contribution in [3.05, 3.63) is 28.2 Å². The lowest BCUT2D eigenvalue weighted by molar-refractivity contribution is -0.145. The number of rotatable bonds is 4. The highest BCUT2D eigenvalue weighted by Crippen LogP contribution is 2.38. The Labute approximate surface area is 123 Å². The molecule has 0 aromatic carbocycles. The average Bonchev–Trinajstić information content (AvgIpc) is 3.17. The normalized spacial score (nSPS) is 22.8. The summed E-state index contributed by atoms with van der Waals surface area (Å²) in [5.74, 6) is 1.55. The second-order valence-corrected chi connectivity index (χ2v) is 6.79. The minimum absolute atomic E-state index is 0.0248. The molecule has 112 valence electrons. The van der Waals surface area contributed by atoms with Gasteiger partial charge >= 0.3 is 0 Å². The van der Waals surface area contributed by atoms with Gasteiger partial charge in [-0.05, 0) is 31.7 Å². The number of aromatic nitrogens is 2. The van der Waals surface area contributed by atoms with Gasteiger partial charge in [-0.1, -0.05) is 6.42 Å². The van der Waals surface area contributed by atoms with Gasteiger partial charge < -0.3 is 4.90 Å². The molecule has 2 heterocycles. The van der Waals surface area contributed by atoms with Crippen molar-refractivity contribution in [3.8, 4) is 0 Å². The van der Waals surface area contributed by atoms with Gasteiger partial charge in [-0.2, -0.15) is 5.10 Å². The van der Waals surface area contributed by atoms with E-state index < -0.39 is 0 Å². The largest absolute Gasteiger partial charge is 0.342 e. The maximum Gasteiger partial charge on any atom is 0.266 e. The number of hydrogen-bond acceptors (Lipinski definition) is 3. The first-order chi connectivity index (χ1) is 10.2. The zero-order valence-corrected chi connectivity index (χ0v) is 12.2. The highest BCUT2D eigenvalue weighted by Gasteiger charge is 2.37. The molecule has 2 saturated carbocycles. The Balaban J connectivity index is 1.36. The fourth-order valence-electron chi connectivity index (χ4n) is 3.22. The van der Waals surface area contributed by atoms with Crippen molar-refractivity contribution >= 4 is 5.91 Å². The second kappa shape index (κ2) is 4.97. The molecule has 2 aliphatic carbocycles. The van der Waals surface area contributed by atoms with E-state index in [1.807, 2.05) is 11.0 Å². The molecule has 0 spiro atoms. The first-order valence-corrected chi connectivity index (χ1v) is 8.07. The third-order valence-electron chi connectivity index (χ3n) is 5.04. The summed E-state index contributed by atoms with van der Waals surface area (Å²) in [7, 11) is 0. The van der Waals surface area contributed by atoms with E-state index in [9.17, 15) is 9.59 Å². The number of amides is 1. The van der Waals surface area contributed by atoms with Crippen LogP contribution in [0.25, 0.3) is 0 Å². The standard InChI is InChI=1S/C16H21N3O2/c20-15-7-6-14(12-4-5-12)17-19(15)10-11-8-18(9-11)16(21)13-2-1-3-13/h6-7,11-13H,1-5,8-10H2. The van der Waals surface area contributed by atoms with Crippen molar-refractivity contribution in [1.29, 1.82) is 0 Å². The van der Waals surface area contributed by atoms with Gasteiger partial charge in [0.2, 0.25) is 5.91 Å². The Morgan fingerprint density at radius 3 is 2.57 bits per heavy atom. The highest BCUT2D eigenvalue weighted by molar-refractivity contribution is 5.80. The molecule has 0 N–H and O–H groups in total. The second-order valence-electron chi connectivity index (χ2n) is 6.79. The predicted molar refractivity (Wildman–Crippen MR) is 77.9 cm³/mol. The van der Waals surface area contributed by atoms with Crippen LogP contribution >= 0.6 is 0 Å². The van der Waals surface area contributed by atoms with Crippen molar-refractivity contribution in [3.63, 3.8) is 0 Å². The van der Waals surface area contributed by atoms with Crippen LogP contribution in [0.5, 0.6) is 0 Å². The van der Waals surface area contributed by atoms with Crippen molar-refractivity contribution in [2.45, 2.75) is 44.6 Å². The van der Waals surface area contributed by atoms with Gasteiger partial charge in [0.1, 0.15) is 0 Å². The van der Waals surface area contributed by atoms with Crippen LogP contribution in [-0.2, 0) is 11.3 Å². The van der Waals surface area contributed by atoms with Crippen LogP contribution in [-0.4, -0.2) is 33.7 Å². The first-order valence-electron chi connectivity index (χ1n) is 8.07. The van der Waals surface area contributed by atoms with Crippen LogP contribution in [0.15, 0.2) is 16.9 Å². The topological polar surface area (TPSA) is 55.2 Å². The fraction of sp³-hybridized carbons (Fsp3) is 0.688. The fourth-order valence-corrected chi connectivity index (χ4v) is 3.22. The molecule has 5 heteroatoms. The summed E-state index contributed by atoms with van der Waals surface area (Å²) in [6.45, 7) is 2.22. The van der Waals surface area contributed by atoms with E-state index in [1.165, 1.54) is 19.3 Å². The summed E-state index contributed by atoms with van der Waals surface area (Å²) in [5, 5.41) is 4.49. The Bertz CT molecular complexity index is 610. The average molecular weight is 287 g/mol. The van der Waals surface area contributed by atoms with E-state index in [4.69, 9.17) is 0 Å². The molecule has 0 radical (unpaired) electrons. The summed E-state index contributed by atoms with van der Waals surface area (Å²) < 4.78 is 1.60. The van der Waals surface area contributed by atoms with Gasteiger partial charge in [-0.25, -0.2) is 4.68 Å². The molecule has 0 unspecified atom stereocenters. The summed E-state index contributed by atoms with van der Waals surface area (Å²) in [6, 6.07) is 3.50. The van der Waals surface area contributed by atoms with Gasteiger partial charge in [0, 0.05) is 36.9 Å². The lowest BCUT2D eigenvalue weighted by Crippen LogP contribution is -2.54. The Morgan fingerprint density at radius 1 is 1.19 bits per heavy atom. The quantitative estimate of drug-likeness (QED) is 0.840. The third kappa shape index (κ3) is 2.49. The molecule has 1 aromatic heterocycles. The van der Waals surface area contributed by atoms with Crippen LogP contribution in [0, 0.1) is 11.8 Å². The van der Waals surface area contributed by atoms with E-state index >= 15 is 0 Å². The van der Waals surface area contributed by atoms with Crippen LogP contribution in [0.4, 0.5) is 0 Å². The molecule has 4 rings (SSSR count). The van der Waals surface area contributed by atoms with Crippen molar-refractivity contribution < 1.29 is 4.79 Å². The molecule has 5 nitrogen and oxygen atoms in total. The van der Waals surface area contributed by atoms with Crippen molar-refractivity contribution in [2.24, 2.45) is 11.8 Å². The van der Waals surface area contributed by atoms with Crippen LogP contribution in [0.3, 0.4) is 0 Å². The SMILES string of the molecule is O=C(C1CCC1)N1CC(Cn2nc(C3CC3)ccc2=O)C1. The van der Waals surface area contributed by atoms with E-state index in [2.05, 4.69) is 5.10 Å². The smallest absolute Gasteiger partial charge is 0.266 e. The Kier molecular flexibility index (Phi) is 3.08. The van der Waals surface area contributed by atoms with E-state index in [-0.39, 0.29) is 11.5 Å².